The number of aromatic nitrogens is 4. The molecule has 1 saturated heterocycles. The summed E-state index contributed by atoms with van der Waals surface area (Å²) in [5.74, 6) is 0.409. The van der Waals surface area contributed by atoms with Gasteiger partial charge in [0.05, 0.1) is 5.69 Å². The van der Waals surface area contributed by atoms with Crippen LogP contribution >= 0.6 is 0 Å². The quantitative estimate of drug-likeness (QED) is 0.899. The molecule has 0 bridgehead atoms. The van der Waals surface area contributed by atoms with Crippen LogP contribution in [0.3, 0.4) is 0 Å². The second kappa shape index (κ2) is 4.92. The third-order valence-electron chi connectivity index (χ3n) is 3.43. The van der Waals surface area contributed by atoms with E-state index in [-0.39, 0.29) is 0 Å². The zero-order chi connectivity index (χ0) is 14.1. The minimum Gasteiger partial charge on any atom is -0.480 e. The Morgan fingerprint density at radius 2 is 2.05 bits per heavy atom. The maximum atomic E-state index is 11.2. The van der Waals surface area contributed by atoms with Crippen molar-refractivity contribution in [2.24, 2.45) is 0 Å². The maximum absolute atomic E-state index is 11.2. The summed E-state index contributed by atoms with van der Waals surface area (Å²) in [6, 6.07) is 4.98. The standard InChI is InChI=1S/C13H15N5O2/c1-9-6-8-18(16-9)12-5-4-11(14-15-12)17-7-2-3-10(17)13(19)20/h4-6,8,10H,2-3,7H2,1H3,(H,19,20)/t10-/m0/s1. The molecule has 0 saturated carbocycles. The van der Waals surface area contributed by atoms with Crippen LogP contribution in [0.1, 0.15) is 18.5 Å². The molecule has 2 aromatic heterocycles. The average molecular weight is 273 g/mol. The Bertz CT molecular complexity index is 622. The number of hydrogen-bond donors (Lipinski definition) is 1. The highest BCUT2D eigenvalue weighted by molar-refractivity contribution is 5.78. The zero-order valence-electron chi connectivity index (χ0n) is 11.1. The van der Waals surface area contributed by atoms with Gasteiger partial charge in [-0.15, -0.1) is 10.2 Å². The minimum atomic E-state index is -0.809. The molecule has 20 heavy (non-hydrogen) atoms. The van der Waals surface area contributed by atoms with E-state index in [9.17, 15) is 9.90 Å². The Labute approximate surface area is 115 Å². The van der Waals surface area contributed by atoms with Crippen LogP contribution in [0, 0.1) is 6.92 Å². The third kappa shape index (κ3) is 2.22. The van der Waals surface area contributed by atoms with Gasteiger partial charge in [0.2, 0.25) is 0 Å². The SMILES string of the molecule is Cc1ccn(-c2ccc(N3CCC[C@H]3C(=O)O)nn2)n1. The molecule has 1 aliphatic heterocycles. The Morgan fingerprint density at radius 1 is 1.30 bits per heavy atom. The van der Waals surface area contributed by atoms with Crippen LogP contribution in [0.4, 0.5) is 5.82 Å². The van der Waals surface area contributed by atoms with E-state index in [1.54, 1.807) is 21.7 Å². The van der Waals surface area contributed by atoms with E-state index in [1.165, 1.54) is 0 Å². The van der Waals surface area contributed by atoms with Crippen molar-refractivity contribution in [3.63, 3.8) is 0 Å². The molecule has 1 aliphatic rings. The van der Waals surface area contributed by atoms with Crippen molar-refractivity contribution in [1.29, 1.82) is 0 Å². The molecule has 0 unspecified atom stereocenters. The molecule has 0 aromatic carbocycles. The summed E-state index contributed by atoms with van der Waals surface area (Å²) >= 11 is 0. The molecule has 3 rings (SSSR count). The molecule has 1 atom stereocenters. The van der Waals surface area contributed by atoms with Crippen LogP contribution in [-0.2, 0) is 4.79 Å². The normalized spacial score (nSPS) is 18.4. The van der Waals surface area contributed by atoms with Crippen molar-refractivity contribution in [2.45, 2.75) is 25.8 Å². The number of carboxylic acids is 1. The van der Waals surface area contributed by atoms with Gasteiger partial charge in [0.1, 0.15) is 6.04 Å². The fraction of sp³-hybridized carbons (Fsp3) is 0.385. The molecular formula is C13H15N5O2. The van der Waals surface area contributed by atoms with Crippen LogP contribution in [0.15, 0.2) is 24.4 Å². The van der Waals surface area contributed by atoms with Crippen LogP contribution in [0.5, 0.6) is 0 Å². The van der Waals surface area contributed by atoms with Crippen molar-refractivity contribution >= 4 is 11.8 Å². The lowest BCUT2D eigenvalue weighted by molar-refractivity contribution is -0.138. The molecule has 104 valence electrons. The number of aryl methyl sites for hydroxylation is 1. The van der Waals surface area contributed by atoms with Crippen molar-refractivity contribution in [2.75, 3.05) is 11.4 Å². The Morgan fingerprint density at radius 3 is 2.65 bits per heavy atom. The van der Waals surface area contributed by atoms with Gasteiger partial charge < -0.3 is 10.0 Å². The van der Waals surface area contributed by atoms with E-state index in [2.05, 4.69) is 15.3 Å². The Hall–Kier alpha value is -2.44. The number of aliphatic carboxylic acids is 1. The summed E-state index contributed by atoms with van der Waals surface area (Å²) in [7, 11) is 0. The van der Waals surface area contributed by atoms with Gasteiger partial charge in [0.15, 0.2) is 11.6 Å². The number of carbonyl (C=O) groups is 1. The maximum Gasteiger partial charge on any atom is 0.326 e. The van der Waals surface area contributed by atoms with E-state index in [0.29, 0.717) is 24.6 Å². The highest BCUT2D eigenvalue weighted by atomic mass is 16.4. The fourth-order valence-corrected chi connectivity index (χ4v) is 2.43. The predicted molar refractivity (Wildman–Crippen MR) is 71.9 cm³/mol. The molecule has 3 heterocycles. The largest absolute Gasteiger partial charge is 0.480 e. The van der Waals surface area contributed by atoms with Gasteiger partial charge in [0, 0.05) is 12.7 Å². The van der Waals surface area contributed by atoms with E-state index < -0.39 is 12.0 Å². The molecule has 1 N–H and O–H groups in total. The molecular weight excluding hydrogens is 258 g/mol. The molecule has 7 nitrogen and oxygen atoms in total. The minimum absolute atomic E-state index is 0.498. The van der Waals surface area contributed by atoms with Gasteiger partial charge in [-0.2, -0.15) is 5.10 Å². The molecule has 1 fully saturated rings. The van der Waals surface area contributed by atoms with Gasteiger partial charge in [-0.3, -0.25) is 0 Å². The van der Waals surface area contributed by atoms with E-state index >= 15 is 0 Å². The number of rotatable bonds is 3. The number of anilines is 1. The first-order chi connectivity index (χ1) is 9.65. The van der Waals surface area contributed by atoms with Crippen molar-refractivity contribution in [3.05, 3.63) is 30.1 Å². The highest BCUT2D eigenvalue weighted by Gasteiger charge is 2.31. The summed E-state index contributed by atoms with van der Waals surface area (Å²) in [5, 5.41) is 21.7. The third-order valence-corrected chi connectivity index (χ3v) is 3.43. The van der Waals surface area contributed by atoms with E-state index in [4.69, 9.17) is 0 Å². The first-order valence-electron chi connectivity index (χ1n) is 6.51. The smallest absolute Gasteiger partial charge is 0.326 e. The van der Waals surface area contributed by atoms with Gasteiger partial charge in [-0.1, -0.05) is 0 Å². The lowest BCUT2D eigenvalue weighted by Gasteiger charge is -2.21. The Balaban J connectivity index is 1.84. The number of nitrogens with zero attached hydrogens (tertiary/aromatic N) is 5. The lowest BCUT2D eigenvalue weighted by Crippen LogP contribution is -2.36. The molecule has 0 aliphatic carbocycles. The van der Waals surface area contributed by atoms with Gasteiger partial charge in [-0.05, 0) is 38.0 Å². The molecule has 0 spiro atoms. The van der Waals surface area contributed by atoms with Crippen molar-refractivity contribution in [1.82, 2.24) is 20.0 Å². The van der Waals surface area contributed by atoms with E-state index in [1.807, 2.05) is 19.2 Å². The highest BCUT2D eigenvalue weighted by Crippen LogP contribution is 2.23. The number of hydrogen-bond acceptors (Lipinski definition) is 5. The van der Waals surface area contributed by atoms with Crippen LogP contribution < -0.4 is 4.90 Å². The molecule has 7 heteroatoms. The topological polar surface area (TPSA) is 84.1 Å². The Kier molecular flexibility index (Phi) is 3.09. The average Bonchev–Trinajstić information content (AvgIpc) is 3.07. The van der Waals surface area contributed by atoms with Crippen molar-refractivity contribution < 1.29 is 9.90 Å². The molecule has 0 radical (unpaired) electrons. The summed E-state index contributed by atoms with van der Waals surface area (Å²) < 4.78 is 1.64. The first-order valence-corrected chi connectivity index (χ1v) is 6.51. The molecule has 0 amide bonds. The van der Waals surface area contributed by atoms with Gasteiger partial charge in [0.25, 0.3) is 0 Å². The fourth-order valence-electron chi connectivity index (χ4n) is 2.43. The first kappa shape index (κ1) is 12.6. The summed E-state index contributed by atoms with van der Waals surface area (Å²) in [5.41, 5.74) is 0.904. The summed E-state index contributed by atoms with van der Waals surface area (Å²) in [6.45, 7) is 2.60. The molecule has 2 aromatic rings. The van der Waals surface area contributed by atoms with Crippen LogP contribution in [-0.4, -0.2) is 43.6 Å². The van der Waals surface area contributed by atoms with Crippen molar-refractivity contribution in [3.8, 4) is 5.82 Å². The number of carboxylic acid groups (broad SMARTS) is 1. The van der Waals surface area contributed by atoms with Gasteiger partial charge in [-0.25, -0.2) is 9.48 Å². The second-order valence-electron chi connectivity index (χ2n) is 4.84. The lowest BCUT2D eigenvalue weighted by atomic mass is 10.2. The van der Waals surface area contributed by atoms with Crippen LogP contribution in [0.2, 0.25) is 0 Å². The zero-order valence-corrected chi connectivity index (χ0v) is 11.1. The second-order valence-corrected chi connectivity index (χ2v) is 4.84. The monoisotopic (exact) mass is 273 g/mol. The predicted octanol–water partition coefficient (Wildman–Crippen LogP) is 1.02. The van der Waals surface area contributed by atoms with Gasteiger partial charge >= 0.3 is 5.97 Å². The van der Waals surface area contributed by atoms with E-state index in [0.717, 1.165) is 12.1 Å². The summed E-state index contributed by atoms with van der Waals surface area (Å²) in [6.07, 6.45) is 3.32. The van der Waals surface area contributed by atoms with Crippen LogP contribution in [0.25, 0.3) is 5.82 Å². The summed E-state index contributed by atoms with van der Waals surface area (Å²) in [4.78, 5) is 13.0.